The van der Waals surface area contributed by atoms with Crippen molar-refractivity contribution >= 4 is 0 Å². The molecule has 18 heavy (non-hydrogen) atoms. The minimum Gasteiger partial charge on any atom is -0.504 e. The number of para-hydroxylation sites is 1. The minimum atomic E-state index is 0.188. The fourth-order valence-corrected chi connectivity index (χ4v) is 1.49. The second kappa shape index (κ2) is 8.74. The summed E-state index contributed by atoms with van der Waals surface area (Å²) in [5.41, 5.74) is 0.811. The Morgan fingerprint density at radius 2 is 2.00 bits per heavy atom. The molecule has 0 fully saturated rings. The first-order valence-electron chi connectivity index (χ1n) is 5.91. The first-order valence-corrected chi connectivity index (χ1v) is 5.91. The maximum absolute atomic E-state index is 9.85. The number of hydrogen-bond acceptors (Lipinski definition) is 5. The topological polar surface area (TPSA) is 60.0 Å². The van der Waals surface area contributed by atoms with Gasteiger partial charge in [0.15, 0.2) is 11.5 Å². The summed E-state index contributed by atoms with van der Waals surface area (Å²) in [5, 5.41) is 13.0. The van der Waals surface area contributed by atoms with Crippen molar-refractivity contribution in [2.75, 3.05) is 40.6 Å². The Bertz CT molecular complexity index is 344. The number of benzene rings is 1. The van der Waals surface area contributed by atoms with E-state index in [0.717, 1.165) is 12.1 Å². The molecule has 0 bridgehead atoms. The van der Waals surface area contributed by atoms with Crippen molar-refractivity contribution < 1.29 is 19.3 Å². The van der Waals surface area contributed by atoms with Crippen LogP contribution in [0.5, 0.6) is 11.5 Å². The maximum atomic E-state index is 9.85. The Labute approximate surface area is 108 Å². The van der Waals surface area contributed by atoms with Crippen molar-refractivity contribution in [1.29, 1.82) is 0 Å². The third-order valence-corrected chi connectivity index (χ3v) is 2.47. The van der Waals surface area contributed by atoms with Crippen LogP contribution in [0.2, 0.25) is 0 Å². The summed E-state index contributed by atoms with van der Waals surface area (Å²) in [7, 11) is 3.18. The average Bonchev–Trinajstić information content (AvgIpc) is 2.39. The van der Waals surface area contributed by atoms with Crippen LogP contribution in [0.1, 0.15) is 5.56 Å². The van der Waals surface area contributed by atoms with Gasteiger partial charge in [-0.1, -0.05) is 12.1 Å². The molecule has 0 aliphatic rings. The highest BCUT2D eigenvalue weighted by Gasteiger charge is 2.05. The second-order valence-corrected chi connectivity index (χ2v) is 3.75. The summed E-state index contributed by atoms with van der Waals surface area (Å²) >= 11 is 0. The molecule has 0 atom stereocenters. The summed E-state index contributed by atoms with van der Waals surface area (Å²) in [6.45, 7) is 3.13. The molecule has 0 saturated carbocycles. The monoisotopic (exact) mass is 255 g/mol. The molecule has 1 aromatic rings. The molecule has 0 saturated heterocycles. The van der Waals surface area contributed by atoms with Crippen molar-refractivity contribution in [3.63, 3.8) is 0 Å². The molecular formula is C13H21NO4. The predicted octanol–water partition coefficient (Wildman–Crippen LogP) is 1.15. The van der Waals surface area contributed by atoms with Crippen molar-refractivity contribution in [3.05, 3.63) is 23.8 Å². The summed E-state index contributed by atoms with van der Waals surface area (Å²) in [6, 6.07) is 5.44. The Morgan fingerprint density at radius 1 is 1.17 bits per heavy atom. The number of hydrogen-bond donors (Lipinski definition) is 2. The van der Waals surface area contributed by atoms with E-state index in [4.69, 9.17) is 14.2 Å². The average molecular weight is 255 g/mol. The largest absolute Gasteiger partial charge is 0.504 e. The van der Waals surface area contributed by atoms with Crippen molar-refractivity contribution in [1.82, 2.24) is 5.32 Å². The maximum Gasteiger partial charge on any atom is 0.162 e. The lowest BCUT2D eigenvalue weighted by Crippen LogP contribution is -2.20. The molecule has 102 valence electrons. The molecule has 0 heterocycles. The first kappa shape index (κ1) is 14.8. The van der Waals surface area contributed by atoms with Gasteiger partial charge in [0.1, 0.15) is 0 Å². The van der Waals surface area contributed by atoms with Gasteiger partial charge in [-0.25, -0.2) is 0 Å². The Kier molecular flexibility index (Phi) is 7.17. The van der Waals surface area contributed by atoms with Gasteiger partial charge in [-0.05, 0) is 6.07 Å². The number of phenolic OH excluding ortho intramolecular Hbond substituents is 1. The van der Waals surface area contributed by atoms with Gasteiger partial charge in [0.2, 0.25) is 0 Å². The zero-order valence-corrected chi connectivity index (χ0v) is 10.9. The van der Waals surface area contributed by atoms with Crippen molar-refractivity contribution in [2.45, 2.75) is 6.54 Å². The van der Waals surface area contributed by atoms with E-state index in [0.29, 0.717) is 32.1 Å². The second-order valence-electron chi connectivity index (χ2n) is 3.75. The Morgan fingerprint density at radius 3 is 2.72 bits per heavy atom. The van der Waals surface area contributed by atoms with Crippen LogP contribution in [0.4, 0.5) is 0 Å². The van der Waals surface area contributed by atoms with Gasteiger partial charge in [-0.3, -0.25) is 0 Å². The lowest BCUT2D eigenvalue weighted by atomic mass is 10.2. The zero-order chi connectivity index (χ0) is 13.2. The van der Waals surface area contributed by atoms with Crippen molar-refractivity contribution in [3.8, 4) is 11.5 Å². The first-order chi connectivity index (χ1) is 8.79. The van der Waals surface area contributed by atoms with E-state index in [1.165, 1.54) is 7.11 Å². The third kappa shape index (κ3) is 4.91. The van der Waals surface area contributed by atoms with Crippen LogP contribution >= 0.6 is 0 Å². The smallest absolute Gasteiger partial charge is 0.162 e. The van der Waals surface area contributed by atoms with E-state index < -0.39 is 0 Å². The highest BCUT2D eigenvalue weighted by molar-refractivity contribution is 5.45. The van der Waals surface area contributed by atoms with E-state index >= 15 is 0 Å². The van der Waals surface area contributed by atoms with Crippen LogP contribution in [-0.2, 0) is 16.0 Å². The van der Waals surface area contributed by atoms with Crippen LogP contribution < -0.4 is 10.1 Å². The normalized spacial score (nSPS) is 10.6. The van der Waals surface area contributed by atoms with Gasteiger partial charge < -0.3 is 24.6 Å². The standard InChI is InChI=1S/C13H21NO4/c1-16-8-9-18-7-6-14-10-11-4-3-5-12(17-2)13(11)15/h3-5,14-15H,6-10H2,1-2H3. The fraction of sp³-hybridized carbons (Fsp3) is 0.538. The number of nitrogens with one attached hydrogen (secondary N) is 1. The molecule has 0 amide bonds. The highest BCUT2D eigenvalue weighted by atomic mass is 16.5. The minimum absolute atomic E-state index is 0.188. The molecular weight excluding hydrogens is 234 g/mol. The van der Waals surface area contributed by atoms with Crippen LogP contribution in [0.3, 0.4) is 0 Å². The van der Waals surface area contributed by atoms with E-state index in [1.807, 2.05) is 12.1 Å². The van der Waals surface area contributed by atoms with Gasteiger partial charge in [-0.2, -0.15) is 0 Å². The molecule has 0 spiro atoms. The number of rotatable bonds is 9. The van der Waals surface area contributed by atoms with Gasteiger partial charge in [0.25, 0.3) is 0 Å². The van der Waals surface area contributed by atoms with Gasteiger partial charge in [0, 0.05) is 25.8 Å². The molecule has 5 heteroatoms. The third-order valence-electron chi connectivity index (χ3n) is 2.47. The van der Waals surface area contributed by atoms with E-state index in [-0.39, 0.29) is 5.75 Å². The number of methoxy groups -OCH3 is 2. The number of ether oxygens (including phenoxy) is 3. The number of aromatic hydroxyl groups is 1. The molecule has 2 N–H and O–H groups in total. The van der Waals surface area contributed by atoms with Gasteiger partial charge in [-0.15, -0.1) is 0 Å². The van der Waals surface area contributed by atoms with Gasteiger partial charge in [0.05, 0.1) is 26.9 Å². The predicted molar refractivity (Wildman–Crippen MR) is 69.1 cm³/mol. The molecule has 0 radical (unpaired) electrons. The van der Waals surface area contributed by atoms with E-state index in [1.54, 1.807) is 13.2 Å². The van der Waals surface area contributed by atoms with Gasteiger partial charge >= 0.3 is 0 Å². The van der Waals surface area contributed by atoms with Crippen LogP contribution in [0.15, 0.2) is 18.2 Å². The molecule has 0 aromatic heterocycles. The molecule has 5 nitrogen and oxygen atoms in total. The summed E-state index contributed by atoms with van der Waals surface area (Å²) in [4.78, 5) is 0. The van der Waals surface area contributed by atoms with E-state index in [9.17, 15) is 5.11 Å². The van der Waals surface area contributed by atoms with E-state index in [2.05, 4.69) is 5.32 Å². The van der Waals surface area contributed by atoms with Crippen LogP contribution in [0.25, 0.3) is 0 Å². The molecule has 0 aliphatic carbocycles. The summed E-state index contributed by atoms with van der Waals surface area (Å²) < 4.78 is 15.2. The summed E-state index contributed by atoms with van der Waals surface area (Å²) in [6.07, 6.45) is 0. The van der Waals surface area contributed by atoms with Crippen LogP contribution in [0, 0.1) is 0 Å². The Hall–Kier alpha value is -1.30. The number of phenols is 1. The Balaban J connectivity index is 2.23. The summed E-state index contributed by atoms with van der Waals surface area (Å²) in [5.74, 6) is 0.679. The molecule has 0 unspecified atom stereocenters. The highest BCUT2D eigenvalue weighted by Crippen LogP contribution is 2.28. The fourth-order valence-electron chi connectivity index (χ4n) is 1.49. The van der Waals surface area contributed by atoms with Crippen molar-refractivity contribution in [2.24, 2.45) is 0 Å². The lowest BCUT2D eigenvalue weighted by molar-refractivity contribution is 0.0719. The SMILES string of the molecule is COCCOCCNCc1cccc(OC)c1O. The van der Waals surface area contributed by atoms with Crippen LogP contribution in [-0.4, -0.2) is 45.7 Å². The molecule has 1 rings (SSSR count). The molecule has 1 aromatic carbocycles. The zero-order valence-electron chi connectivity index (χ0n) is 10.9. The molecule has 0 aliphatic heterocycles. The quantitative estimate of drug-likeness (QED) is 0.648. The lowest BCUT2D eigenvalue weighted by Gasteiger charge is -2.10.